The lowest BCUT2D eigenvalue weighted by atomic mass is 10.0. The first-order chi connectivity index (χ1) is 8.81. The summed E-state index contributed by atoms with van der Waals surface area (Å²) in [7, 11) is 1.70. The second kappa shape index (κ2) is 4.50. The molecular formula is C15H12BrNO. The first-order valence-corrected chi connectivity index (χ1v) is 6.49. The number of ether oxygens (including phenoxy) is 1. The van der Waals surface area contributed by atoms with Crippen LogP contribution in [0.15, 0.2) is 53.1 Å². The summed E-state index contributed by atoms with van der Waals surface area (Å²) in [6.45, 7) is 0. The second-order valence-corrected chi connectivity index (χ2v) is 4.92. The molecule has 18 heavy (non-hydrogen) atoms. The summed E-state index contributed by atoms with van der Waals surface area (Å²) in [5, 5.41) is 1.18. The smallest absolute Gasteiger partial charge is 0.126 e. The number of hydrogen-bond donors (Lipinski definition) is 1. The maximum absolute atomic E-state index is 5.43. The van der Waals surface area contributed by atoms with Crippen molar-refractivity contribution in [1.82, 2.24) is 4.98 Å². The maximum Gasteiger partial charge on any atom is 0.126 e. The number of fused-ring (bicyclic) bond motifs is 1. The lowest BCUT2D eigenvalue weighted by Gasteiger charge is -2.09. The number of hydrogen-bond acceptors (Lipinski definition) is 1. The Hall–Kier alpha value is -1.74. The van der Waals surface area contributed by atoms with Crippen LogP contribution in [0.4, 0.5) is 0 Å². The Morgan fingerprint density at radius 2 is 1.78 bits per heavy atom. The van der Waals surface area contributed by atoms with Crippen molar-refractivity contribution in [1.29, 1.82) is 0 Å². The van der Waals surface area contributed by atoms with Crippen LogP contribution in [0.1, 0.15) is 0 Å². The van der Waals surface area contributed by atoms with Gasteiger partial charge in [0.25, 0.3) is 0 Å². The van der Waals surface area contributed by atoms with Gasteiger partial charge >= 0.3 is 0 Å². The van der Waals surface area contributed by atoms with E-state index in [1.165, 1.54) is 5.39 Å². The molecule has 2 nitrogen and oxygen atoms in total. The molecule has 0 unspecified atom stereocenters. The molecule has 2 aromatic carbocycles. The highest BCUT2D eigenvalue weighted by Crippen LogP contribution is 2.36. The number of nitrogens with one attached hydrogen (secondary N) is 1. The fraction of sp³-hybridized carbons (Fsp3) is 0.0667. The molecule has 1 N–H and O–H groups in total. The van der Waals surface area contributed by atoms with Gasteiger partial charge in [-0.1, -0.05) is 36.4 Å². The minimum absolute atomic E-state index is 0.885. The van der Waals surface area contributed by atoms with E-state index in [-0.39, 0.29) is 0 Å². The Bertz CT molecular complexity index is 703. The number of H-pyrrole nitrogens is 1. The van der Waals surface area contributed by atoms with Gasteiger partial charge in [0, 0.05) is 27.2 Å². The van der Waals surface area contributed by atoms with Crippen LogP contribution in [-0.2, 0) is 0 Å². The Morgan fingerprint density at radius 1 is 1.00 bits per heavy atom. The number of methoxy groups -OCH3 is 1. The highest BCUT2D eigenvalue weighted by atomic mass is 79.9. The zero-order valence-electron chi connectivity index (χ0n) is 9.91. The standard InChI is InChI=1S/C15H12BrNO/c1-18-14-8-3-2-5-10(14)11-6-4-7-12-13(16)9-17-15(11)12/h2-9,17H,1H3. The van der Waals surface area contributed by atoms with Crippen LogP contribution in [0.3, 0.4) is 0 Å². The van der Waals surface area contributed by atoms with E-state index < -0.39 is 0 Å². The van der Waals surface area contributed by atoms with E-state index in [0.717, 1.165) is 26.9 Å². The van der Waals surface area contributed by atoms with Crippen molar-refractivity contribution >= 4 is 26.8 Å². The number of aromatic amines is 1. The van der Waals surface area contributed by atoms with E-state index >= 15 is 0 Å². The zero-order chi connectivity index (χ0) is 12.5. The molecule has 0 radical (unpaired) electrons. The summed E-state index contributed by atoms with van der Waals surface area (Å²) in [6.07, 6.45) is 1.96. The van der Waals surface area contributed by atoms with Gasteiger partial charge in [-0.3, -0.25) is 0 Å². The van der Waals surface area contributed by atoms with Crippen LogP contribution in [-0.4, -0.2) is 12.1 Å². The van der Waals surface area contributed by atoms with Gasteiger partial charge in [0.2, 0.25) is 0 Å². The molecule has 0 aliphatic rings. The Kier molecular flexibility index (Phi) is 2.84. The van der Waals surface area contributed by atoms with Crippen LogP contribution in [0, 0.1) is 0 Å². The average molecular weight is 302 g/mol. The van der Waals surface area contributed by atoms with Gasteiger partial charge in [-0.15, -0.1) is 0 Å². The van der Waals surface area contributed by atoms with Crippen molar-refractivity contribution in [2.75, 3.05) is 7.11 Å². The summed E-state index contributed by atoms with van der Waals surface area (Å²) in [4.78, 5) is 3.30. The van der Waals surface area contributed by atoms with Crippen LogP contribution < -0.4 is 4.74 Å². The molecule has 0 bridgehead atoms. The number of benzene rings is 2. The molecule has 0 spiro atoms. The van der Waals surface area contributed by atoms with Gasteiger partial charge in [-0.05, 0) is 22.0 Å². The maximum atomic E-state index is 5.43. The third-order valence-corrected chi connectivity index (χ3v) is 3.72. The largest absolute Gasteiger partial charge is 0.496 e. The molecule has 1 aromatic heterocycles. The van der Waals surface area contributed by atoms with Crippen LogP contribution >= 0.6 is 15.9 Å². The molecule has 0 aliphatic heterocycles. The quantitative estimate of drug-likeness (QED) is 0.735. The fourth-order valence-electron chi connectivity index (χ4n) is 2.21. The van der Waals surface area contributed by atoms with Gasteiger partial charge in [0.1, 0.15) is 5.75 Å². The monoisotopic (exact) mass is 301 g/mol. The average Bonchev–Trinajstić information content (AvgIpc) is 2.81. The number of aromatic nitrogens is 1. The van der Waals surface area contributed by atoms with Crippen molar-refractivity contribution in [2.24, 2.45) is 0 Å². The first-order valence-electron chi connectivity index (χ1n) is 5.70. The van der Waals surface area contributed by atoms with Crippen molar-refractivity contribution in [2.45, 2.75) is 0 Å². The highest BCUT2D eigenvalue weighted by Gasteiger charge is 2.10. The third kappa shape index (κ3) is 1.71. The van der Waals surface area contributed by atoms with Gasteiger partial charge in [-0.2, -0.15) is 0 Å². The second-order valence-electron chi connectivity index (χ2n) is 4.07. The van der Waals surface area contributed by atoms with Crippen molar-refractivity contribution < 1.29 is 4.74 Å². The predicted molar refractivity (Wildman–Crippen MR) is 78.0 cm³/mol. The Balaban J connectivity index is 2.31. The third-order valence-electron chi connectivity index (χ3n) is 3.06. The molecule has 0 amide bonds. The van der Waals surface area contributed by atoms with E-state index in [4.69, 9.17) is 4.74 Å². The van der Waals surface area contributed by atoms with E-state index in [1.807, 2.05) is 24.4 Å². The van der Waals surface area contributed by atoms with Crippen LogP contribution in [0.2, 0.25) is 0 Å². The predicted octanol–water partition coefficient (Wildman–Crippen LogP) is 4.61. The Morgan fingerprint density at radius 3 is 2.61 bits per heavy atom. The normalized spacial score (nSPS) is 10.8. The highest BCUT2D eigenvalue weighted by molar-refractivity contribution is 9.10. The van der Waals surface area contributed by atoms with Crippen LogP contribution in [0.25, 0.3) is 22.0 Å². The number of rotatable bonds is 2. The minimum Gasteiger partial charge on any atom is -0.496 e. The van der Waals surface area contributed by atoms with Crippen molar-refractivity contribution in [3.63, 3.8) is 0 Å². The lowest BCUT2D eigenvalue weighted by Crippen LogP contribution is -1.88. The molecule has 1 heterocycles. The van der Waals surface area contributed by atoms with Gasteiger partial charge in [-0.25, -0.2) is 0 Å². The molecule has 90 valence electrons. The molecule has 3 rings (SSSR count). The summed E-state index contributed by atoms with van der Waals surface area (Å²) in [5.41, 5.74) is 3.37. The Labute approximate surface area is 114 Å². The first kappa shape index (κ1) is 11.4. The number of halogens is 1. The van der Waals surface area contributed by atoms with Crippen molar-refractivity contribution in [3.05, 3.63) is 53.1 Å². The summed E-state index contributed by atoms with van der Waals surface area (Å²) >= 11 is 3.55. The lowest BCUT2D eigenvalue weighted by molar-refractivity contribution is 0.416. The van der Waals surface area contributed by atoms with E-state index in [1.54, 1.807) is 7.11 Å². The van der Waals surface area contributed by atoms with Gasteiger partial charge < -0.3 is 9.72 Å². The van der Waals surface area contributed by atoms with E-state index in [0.29, 0.717) is 0 Å². The molecule has 3 heteroatoms. The van der Waals surface area contributed by atoms with Gasteiger partial charge in [0.05, 0.1) is 12.6 Å². The van der Waals surface area contributed by atoms with Gasteiger partial charge in [0.15, 0.2) is 0 Å². The molecule has 0 atom stereocenters. The molecule has 3 aromatic rings. The van der Waals surface area contributed by atoms with E-state index in [2.05, 4.69) is 45.2 Å². The number of para-hydroxylation sites is 2. The fourth-order valence-corrected chi connectivity index (χ4v) is 2.66. The SMILES string of the molecule is COc1ccccc1-c1cccc2c(Br)c[nH]c12. The topological polar surface area (TPSA) is 25.0 Å². The molecule has 0 fully saturated rings. The molecule has 0 saturated carbocycles. The van der Waals surface area contributed by atoms with E-state index in [9.17, 15) is 0 Å². The van der Waals surface area contributed by atoms with Crippen molar-refractivity contribution in [3.8, 4) is 16.9 Å². The minimum atomic E-state index is 0.885. The van der Waals surface area contributed by atoms with Crippen LogP contribution in [0.5, 0.6) is 5.75 Å². The molecular weight excluding hydrogens is 290 g/mol. The molecule has 0 aliphatic carbocycles. The molecule has 0 saturated heterocycles. The zero-order valence-corrected chi connectivity index (χ0v) is 11.5. The summed E-state index contributed by atoms with van der Waals surface area (Å²) in [5.74, 6) is 0.885. The summed E-state index contributed by atoms with van der Waals surface area (Å²) < 4.78 is 6.51. The summed E-state index contributed by atoms with van der Waals surface area (Å²) in [6, 6.07) is 14.3.